The molecular weight excluding hydrogens is 185 g/mol. The van der Waals surface area contributed by atoms with Crippen LogP contribution in [0.25, 0.3) is 0 Å². The van der Waals surface area contributed by atoms with Crippen LogP contribution in [0.15, 0.2) is 30.3 Å². The van der Waals surface area contributed by atoms with E-state index in [1.165, 1.54) is 24.9 Å². The third kappa shape index (κ3) is 1.50. The van der Waals surface area contributed by atoms with Gasteiger partial charge in [-0.1, -0.05) is 30.3 Å². The summed E-state index contributed by atoms with van der Waals surface area (Å²) < 4.78 is 6.04. The first-order chi connectivity index (χ1) is 7.36. The van der Waals surface area contributed by atoms with Crippen molar-refractivity contribution in [3.63, 3.8) is 0 Å². The van der Waals surface area contributed by atoms with Crippen LogP contribution in [0, 0.1) is 0 Å². The molecular formula is C12H16BNO. The summed E-state index contributed by atoms with van der Waals surface area (Å²) in [6, 6.07) is 11.2. The van der Waals surface area contributed by atoms with E-state index in [1.807, 2.05) is 0 Å². The van der Waals surface area contributed by atoms with Gasteiger partial charge in [0.2, 0.25) is 0 Å². The molecule has 2 nitrogen and oxygen atoms in total. The van der Waals surface area contributed by atoms with Crippen LogP contribution in [0.5, 0.6) is 0 Å². The quantitative estimate of drug-likeness (QED) is 0.646. The molecule has 3 heteroatoms. The van der Waals surface area contributed by atoms with Gasteiger partial charge in [0.05, 0.1) is 6.10 Å². The minimum absolute atomic E-state index is 0.294. The summed E-state index contributed by atoms with van der Waals surface area (Å²) in [5, 5.41) is 0. The smallest absolute Gasteiger partial charge is 0.379 e. The van der Waals surface area contributed by atoms with Crippen LogP contribution >= 0.6 is 0 Å². The van der Waals surface area contributed by atoms with Crippen molar-refractivity contribution < 1.29 is 4.65 Å². The lowest BCUT2D eigenvalue weighted by Crippen LogP contribution is -2.33. The molecule has 2 atom stereocenters. The fourth-order valence-electron chi connectivity index (χ4n) is 2.92. The van der Waals surface area contributed by atoms with Gasteiger partial charge in [0.1, 0.15) is 0 Å². The molecule has 0 aromatic heterocycles. The van der Waals surface area contributed by atoms with Crippen LogP contribution in [0.4, 0.5) is 0 Å². The molecule has 1 aromatic rings. The average molecular weight is 201 g/mol. The second-order valence-corrected chi connectivity index (χ2v) is 4.51. The van der Waals surface area contributed by atoms with Gasteiger partial charge in [0.15, 0.2) is 0 Å². The maximum absolute atomic E-state index is 6.04. The Bertz CT molecular complexity index is 343. The predicted octanol–water partition coefficient (Wildman–Crippen LogP) is 2.34. The predicted molar refractivity (Wildman–Crippen MR) is 61.6 cm³/mol. The first-order valence-corrected chi connectivity index (χ1v) is 5.82. The molecule has 0 N–H and O–H groups in total. The standard InChI is InChI=1S/C12H16BNO/c1-13-14-9-5-8-11(14)12(15-13)10-6-3-2-4-7-10/h2-4,6-7,11-12H,5,8-9H2,1H3/t11-,12?/m1/s1. The zero-order valence-electron chi connectivity index (χ0n) is 9.10. The molecule has 78 valence electrons. The monoisotopic (exact) mass is 201 g/mol. The normalized spacial score (nSPS) is 30.9. The van der Waals surface area contributed by atoms with Crippen LogP contribution in [0.2, 0.25) is 6.82 Å². The number of nitrogens with zero attached hydrogens (tertiary/aromatic N) is 1. The van der Waals surface area contributed by atoms with E-state index in [4.69, 9.17) is 4.65 Å². The van der Waals surface area contributed by atoms with Gasteiger partial charge in [-0.25, -0.2) is 0 Å². The molecule has 3 rings (SSSR count). The Hall–Kier alpha value is -0.795. The molecule has 2 aliphatic rings. The third-order valence-electron chi connectivity index (χ3n) is 3.63. The maximum atomic E-state index is 6.04. The molecule has 0 amide bonds. The summed E-state index contributed by atoms with van der Waals surface area (Å²) in [6.07, 6.45) is 2.90. The van der Waals surface area contributed by atoms with Crippen molar-refractivity contribution in [2.45, 2.75) is 31.8 Å². The minimum Gasteiger partial charge on any atom is -0.413 e. The van der Waals surface area contributed by atoms with E-state index in [0.717, 1.165) is 0 Å². The molecule has 0 spiro atoms. The Morgan fingerprint density at radius 1 is 1.33 bits per heavy atom. The first kappa shape index (κ1) is 9.43. The Balaban J connectivity index is 1.88. The fraction of sp³-hybridized carbons (Fsp3) is 0.500. The average Bonchev–Trinajstić information content (AvgIpc) is 2.84. The molecule has 2 saturated heterocycles. The number of fused-ring (bicyclic) bond motifs is 1. The van der Waals surface area contributed by atoms with Crippen molar-refractivity contribution >= 4 is 7.05 Å². The van der Waals surface area contributed by atoms with E-state index >= 15 is 0 Å². The van der Waals surface area contributed by atoms with Gasteiger partial charge < -0.3 is 9.47 Å². The van der Waals surface area contributed by atoms with Crippen LogP contribution < -0.4 is 0 Å². The van der Waals surface area contributed by atoms with Crippen molar-refractivity contribution in [3.05, 3.63) is 35.9 Å². The van der Waals surface area contributed by atoms with Crippen molar-refractivity contribution in [1.82, 2.24) is 4.81 Å². The highest BCUT2D eigenvalue weighted by Gasteiger charge is 2.45. The van der Waals surface area contributed by atoms with Crippen LogP contribution in [0.3, 0.4) is 0 Å². The van der Waals surface area contributed by atoms with Crippen LogP contribution in [-0.4, -0.2) is 24.4 Å². The van der Waals surface area contributed by atoms with Crippen LogP contribution in [0.1, 0.15) is 24.5 Å². The van der Waals surface area contributed by atoms with Gasteiger partial charge in [0, 0.05) is 6.04 Å². The minimum atomic E-state index is 0.294. The second kappa shape index (κ2) is 3.65. The summed E-state index contributed by atoms with van der Waals surface area (Å²) in [7, 11) is 0.294. The molecule has 0 saturated carbocycles. The summed E-state index contributed by atoms with van der Waals surface area (Å²) >= 11 is 0. The lowest BCUT2D eigenvalue weighted by Gasteiger charge is -2.19. The molecule has 15 heavy (non-hydrogen) atoms. The second-order valence-electron chi connectivity index (χ2n) is 4.51. The summed E-state index contributed by atoms with van der Waals surface area (Å²) in [5.74, 6) is 0. The zero-order valence-corrected chi connectivity index (χ0v) is 9.10. The largest absolute Gasteiger partial charge is 0.413 e. The van der Waals surface area contributed by atoms with E-state index in [2.05, 4.69) is 42.0 Å². The highest BCUT2D eigenvalue weighted by Crippen LogP contribution is 2.38. The summed E-state index contributed by atoms with van der Waals surface area (Å²) in [6.45, 7) is 3.37. The number of hydrogen-bond acceptors (Lipinski definition) is 2. The molecule has 1 unspecified atom stereocenters. The number of rotatable bonds is 1. The Morgan fingerprint density at radius 3 is 2.93 bits per heavy atom. The van der Waals surface area contributed by atoms with Gasteiger partial charge in [-0.2, -0.15) is 0 Å². The Kier molecular flexibility index (Phi) is 2.30. The van der Waals surface area contributed by atoms with Gasteiger partial charge in [0.25, 0.3) is 0 Å². The van der Waals surface area contributed by atoms with Crippen molar-refractivity contribution in [2.24, 2.45) is 0 Å². The SMILES string of the molecule is CB1OC(c2ccccc2)[C@H]2CCCN12. The van der Waals surface area contributed by atoms with Crippen molar-refractivity contribution in [2.75, 3.05) is 6.54 Å². The van der Waals surface area contributed by atoms with E-state index < -0.39 is 0 Å². The van der Waals surface area contributed by atoms with Crippen LogP contribution in [-0.2, 0) is 4.65 Å². The van der Waals surface area contributed by atoms with E-state index in [1.54, 1.807) is 0 Å². The highest BCUT2D eigenvalue weighted by molar-refractivity contribution is 6.47. The molecule has 0 aliphatic carbocycles. The van der Waals surface area contributed by atoms with Crippen molar-refractivity contribution in [1.29, 1.82) is 0 Å². The lowest BCUT2D eigenvalue weighted by molar-refractivity contribution is 0.206. The van der Waals surface area contributed by atoms with Gasteiger partial charge in [-0.05, 0) is 31.8 Å². The molecule has 2 heterocycles. The number of hydrogen-bond donors (Lipinski definition) is 0. The molecule has 0 radical (unpaired) electrons. The molecule has 0 bridgehead atoms. The Morgan fingerprint density at radius 2 is 2.13 bits per heavy atom. The topological polar surface area (TPSA) is 12.5 Å². The van der Waals surface area contributed by atoms with E-state index in [9.17, 15) is 0 Å². The zero-order chi connectivity index (χ0) is 10.3. The maximum Gasteiger partial charge on any atom is 0.379 e. The first-order valence-electron chi connectivity index (χ1n) is 5.82. The molecule has 1 aromatic carbocycles. The molecule has 2 fully saturated rings. The van der Waals surface area contributed by atoms with Gasteiger partial charge >= 0.3 is 7.05 Å². The summed E-state index contributed by atoms with van der Waals surface area (Å²) in [5.41, 5.74) is 1.33. The van der Waals surface area contributed by atoms with Crippen molar-refractivity contribution in [3.8, 4) is 0 Å². The van der Waals surface area contributed by atoms with E-state index in [-0.39, 0.29) is 0 Å². The van der Waals surface area contributed by atoms with E-state index in [0.29, 0.717) is 19.2 Å². The highest BCUT2D eigenvalue weighted by atomic mass is 16.5. The van der Waals surface area contributed by atoms with Gasteiger partial charge in [-0.3, -0.25) is 0 Å². The van der Waals surface area contributed by atoms with Gasteiger partial charge in [-0.15, -0.1) is 0 Å². The molecule has 2 aliphatic heterocycles. The third-order valence-corrected chi connectivity index (χ3v) is 3.63. The lowest BCUT2D eigenvalue weighted by atomic mass is 9.86. The fourth-order valence-corrected chi connectivity index (χ4v) is 2.92. The summed E-state index contributed by atoms with van der Waals surface area (Å²) in [4.78, 5) is 2.50. The Labute approximate surface area is 91.4 Å². The number of benzene rings is 1.